The Balaban J connectivity index is 2.33. The summed E-state index contributed by atoms with van der Waals surface area (Å²) >= 11 is 0. The number of aliphatic hydroxyl groups excluding tert-OH is 1. The Kier molecular flexibility index (Phi) is 4.74. The molecule has 3 N–H and O–H groups in total. The molecular formula is C12H24N2O2. The van der Waals surface area contributed by atoms with Crippen LogP contribution in [0.2, 0.25) is 0 Å². The molecule has 4 heteroatoms. The third-order valence-electron chi connectivity index (χ3n) is 3.68. The monoisotopic (exact) mass is 228 g/mol. The highest BCUT2D eigenvalue weighted by Gasteiger charge is 2.38. The lowest BCUT2D eigenvalue weighted by molar-refractivity contribution is -0.134. The van der Waals surface area contributed by atoms with Gasteiger partial charge < -0.3 is 15.7 Å². The molecule has 1 rings (SSSR count). The van der Waals surface area contributed by atoms with Gasteiger partial charge in [0.2, 0.25) is 5.91 Å². The quantitative estimate of drug-likeness (QED) is 0.704. The molecular weight excluding hydrogens is 204 g/mol. The molecule has 16 heavy (non-hydrogen) atoms. The van der Waals surface area contributed by atoms with Crippen LogP contribution in [0.4, 0.5) is 0 Å². The van der Waals surface area contributed by atoms with Crippen molar-refractivity contribution in [2.75, 3.05) is 20.1 Å². The van der Waals surface area contributed by atoms with Gasteiger partial charge in [-0.05, 0) is 38.1 Å². The summed E-state index contributed by atoms with van der Waals surface area (Å²) in [4.78, 5) is 13.6. The molecule has 0 aromatic carbocycles. The average molecular weight is 228 g/mol. The molecule has 94 valence electrons. The zero-order valence-corrected chi connectivity index (χ0v) is 10.4. The van der Waals surface area contributed by atoms with Crippen LogP contribution in [-0.4, -0.2) is 42.2 Å². The first kappa shape index (κ1) is 13.5. The van der Waals surface area contributed by atoms with Crippen LogP contribution in [0.25, 0.3) is 0 Å². The Morgan fingerprint density at radius 2 is 2.19 bits per heavy atom. The number of nitrogens with zero attached hydrogens (tertiary/aromatic N) is 1. The summed E-state index contributed by atoms with van der Waals surface area (Å²) in [5, 5.41) is 9.16. The first-order valence-corrected chi connectivity index (χ1v) is 6.11. The van der Waals surface area contributed by atoms with Gasteiger partial charge in [-0.25, -0.2) is 0 Å². The first-order chi connectivity index (χ1) is 7.49. The van der Waals surface area contributed by atoms with Gasteiger partial charge >= 0.3 is 0 Å². The van der Waals surface area contributed by atoms with Crippen LogP contribution in [-0.2, 0) is 4.79 Å². The highest BCUT2D eigenvalue weighted by molar-refractivity contribution is 5.76. The highest BCUT2D eigenvalue weighted by atomic mass is 16.3. The van der Waals surface area contributed by atoms with Crippen LogP contribution in [0.5, 0.6) is 0 Å². The van der Waals surface area contributed by atoms with E-state index in [4.69, 9.17) is 10.8 Å². The predicted molar refractivity (Wildman–Crippen MR) is 63.9 cm³/mol. The van der Waals surface area contributed by atoms with E-state index in [2.05, 4.69) is 0 Å². The van der Waals surface area contributed by atoms with E-state index in [9.17, 15) is 4.79 Å². The minimum atomic E-state index is -0.345. The highest BCUT2D eigenvalue weighted by Crippen LogP contribution is 2.43. The normalized spacial score (nSPS) is 20.0. The average Bonchev–Trinajstić information content (AvgIpc) is 2.19. The van der Waals surface area contributed by atoms with E-state index < -0.39 is 0 Å². The molecule has 0 aliphatic heterocycles. The van der Waals surface area contributed by atoms with Crippen molar-refractivity contribution in [1.29, 1.82) is 0 Å². The summed E-state index contributed by atoms with van der Waals surface area (Å²) in [5.41, 5.74) is 5.81. The second kappa shape index (κ2) is 5.64. The molecule has 0 aromatic rings. The minimum Gasteiger partial charge on any atom is -0.393 e. The number of hydrogen-bond acceptors (Lipinski definition) is 3. The summed E-state index contributed by atoms with van der Waals surface area (Å²) < 4.78 is 0. The van der Waals surface area contributed by atoms with Crippen LogP contribution >= 0.6 is 0 Å². The number of carbonyl (C=O) groups excluding carboxylic acids is 1. The topological polar surface area (TPSA) is 66.6 Å². The second-order valence-corrected chi connectivity index (χ2v) is 5.19. The lowest BCUT2D eigenvalue weighted by Gasteiger charge is -2.41. The predicted octanol–water partition coefficient (Wildman–Crippen LogP) is 0.735. The van der Waals surface area contributed by atoms with Gasteiger partial charge in [0.15, 0.2) is 0 Å². The summed E-state index contributed by atoms with van der Waals surface area (Å²) in [6.45, 7) is 2.98. The lowest BCUT2D eigenvalue weighted by atomic mass is 9.66. The SMILES string of the molecule is CC(O)CCN(C)C(=O)CC1(CN)CCC1. The maximum absolute atomic E-state index is 11.9. The molecule has 0 radical (unpaired) electrons. The number of carbonyl (C=O) groups is 1. The molecule has 0 heterocycles. The molecule has 0 aromatic heterocycles. The largest absolute Gasteiger partial charge is 0.393 e. The molecule has 0 bridgehead atoms. The molecule has 1 amide bonds. The summed E-state index contributed by atoms with van der Waals surface area (Å²) in [6.07, 6.45) is 4.22. The van der Waals surface area contributed by atoms with Crippen molar-refractivity contribution in [3.8, 4) is 0 Å². The van der Waals surface area contributed by atoms with Gasteiger partial charge in [0.05, 0.1) is 6.10 Å². The standard InChI is InChI=1S/C12H24N2O2/c1-10(15)4-7-14(2)11(16)8-12(9-13)5-3-6-12/h10,15H,3-9,13H2,1-2H3. The van der Waals surface area contributed by atoms with Gasteiger partial charge in [0.25, 0.3) is 0 Å². The van der Waals surface area contributed by atoms with Crippen LogP contribution in [0.1, 0.15) is 39.0 Å². The summed E-state index contributed by atoms with van der Waals surface area (Å²) in [6, 6.07) is 0. The third kappa shape index (κ3) is 3.46. The van der Waals surface area contributed by atoms with Crippen molar-refractivity contribution >= 4 is 5.91 Å². The van der Waals surface area contributed by atoms with E-state index in [-0.39, 0.29) is 17.4 Å². The minimum absolute atomic E-state index is 0.0795. The Morgan fingerprint density at radius 1 is 1.56 bits per heavy atom. The molecule has 1 fully saturated rings. The van der Waals surface area contributed by atoms with E-state index in [0.717, 1.165) is 12.8 Å². The Labute approximate surface area is 97.8 Å². The molecule has 4 nitrogen and oxygen atoms in total. The fraction of sp³-hybridized carbons (Fsp3) is 0.917. The van der Waals surface area contributed by atoms with Crippen LogP contribution < -0.4 is 5.73 Å². The van der Waals surface area contributed by atoms with Crippen molar-refractivity contribution in [2.24, 2.45) is 11.1 Å². The van der Waals surface area contributed by atoms with E-state index in [0.29, 0.717) is 25.9 Å². The summed E-state index contributed by atoms with van der Waals surface area (Å²) in [7, 11) is 1.80. The smallest absolute Gasteiger partial charge is 0.222 e. The molecule has 0 spiro atoms. The van der Waals surface area contributed by atoms with E-state index in [1.54, 1.807) is 18.9 Å². The molecule has 1 unspecified atom stereocenters. The van der Waals surface area contributed by atoms with E-state index in [1.165, 1.54) is 6.42 Å². The zero-order chi connectivity index (χ0) is 12.2. The molecule has 1 saturated carbocycles. The van der Waals surface area contributed by atoms with Crippen LogP contribution in [0.15, 0.2) is 0 Å². The number of rotatable bonds is 6. The number of amides is 1. The van der Waals surface area contributed by atoms with E-state index >= 15 is 0 Å². The Bertz CT molecular complexity index is 232. The number of aliphatic hydroxyl groups is 1. The second-order valence-electron chi connectivity index (χ2n) is 5.19. The molecule has 1 aliphatic carbocycles. The van der Waals surface area contributed by atoms with Crippen molar-refractivity contribution in [1.82, 2.24) is 4.90 Å². The van der Waals surface area contributed by atoms with E-state index in [1.807, 2.05) is 0 Å². The van der Waals surface area contributed by atoms with Gasteiger partial charge in [-0.2, -0.15) is 0 Å². The van der Waals surface area contributed by atoms with Gasteiger partial charge in [-0.15, -0.1) is 0 Å². The zero-order valence-electron chi connectivity index (χ0n) is 10.4. The van der Waals surface area contributed by atoms with Crippen molar-refractivity contribution in [3.63, 3.8) is 0 Å². The van der Waals surface area contributed by atoms with Gasteiger partial charge in [0.1, 0.15) is 0 Å². The third-order valence-corrected chi connectivity index (χ3v) is 3.68. The lowest BCUT2D eigenvalue weighted by Crippen LogP contribution is -2.42. The van der Waals surface area contributed by atoms with Gasteiger partial charge in [-0.1, -0.05) is 6.42 Å². The Morgan fingerprint density at radius 3 is 2.56 bits per heavy atom. The fourth-order valence-corrected chi connectivity index (χ4v) is 2.09. The van der Waals surface area contributed by atoms with Crippen LogP contribution in [0, 0.1) is 5.41 Å². The van der Waals surface area contributed by atoms with Crippen molar-refractivity contribution in [3.05, 3.63) is 0 Å². The maximum Gasteiger partial charge on any atom is 0.222 e. The molecule has 1 atom stereocenters. The van der Waals surface area contributed by atoms with Crippen molar-refractivity contribution in [2.45, 2.75) is 45.1 Å². The number of hydrogen-bond donors (Lipinski definition) is 2. The van der Waals surface area contributed by atoms with Gasteiger partial charge in [-0.3, -0.25) is 4.79 Å². The molecule has 0 saturated heterocycles. The fourth-order valence-electron chi connectivity index (χ4n) is 2.09. The van der Waals surface area contributed by atoms with Crippen molar-refractivity contribution < 1.29 is 9.90 Å². The molecule has 1 aliphatic rings. The summed E-state index contributed by atoms with van der Waals surface area (Å²) in [5.74, 6) is 0.158. The maximum atomic E-state index is 11.9. The first-order valence-electron chi connectivity index (χ1n) is 6.11. The number of nitrogens with two attached hydrogens (primary N) is 1. The Hall–Kier alpha value is -0.610. The van der Waals surface area contributed by atoms with Crippen LogP contribution in [0.3, 0.4) is 0 Å². The van der Waals surface area contributed by atoms with Gasteiger partial charge in [0, 0.05) is 20.0 Å².